The van der Waals surface area contributed by atoms with E-state index in [0.717, 1.165) is 10.9 Å². The van der Waals surface area contributed by atoms with Crippen molar-refractivity contribution in [1.82, 2.24) is 0 Å². The lowest BCUT2D eigenvalue weighted by Gasteiger charge is -1.98. The standard InChI is InChI=1S/C10H10BrNO/c11-7-3-1-6(2-4-7)8-5-9(8)10(12)13/h1-4,8-9H,5H2,(H2,12,13)/t8-,9-/m0/s1. The Hall–Kier alpha value is -0.830. The monoisotopic (exact) mass is 239 g/mol. The molecule has 2 atom stereocenters. The zero-order chi connectivity index (χ0) is 9.42. The van der Waals surface area contributed by atoms with Crippen LogP contribution in [0.5, 0.6) is 0 Å². The molecular formula is C10H10BrNO. The van der Waals surface area contributed by atoms with Gasteiger partial charge in [-0.25, -0.2) is 0 Å². The summed E-state index contributed by atoms with van der Waals surface area (Å²) in [5.41, 5.74) is 6.42. The maximum atomic E-state index is 10.8. The average molecular weight is 240 g/mol. The molecule has 0 aliphatic heterocycles. The van der Waals surface area contributed by atoms with Crippen molar-refractivity contribution in [3.8, 4) is 0 Å². The van der Waals surface area contributed by atoms with E-state index in [9.17, 15) is 4.79 Å². The Kier molecular flexibility index (Phi) is 2.12. The summed E-state index contributed by atoms with van der Waals surface area (Å²) >= 11 is 3.37. The number of benzene rings is 1. The Morgan fingerprint density at radius 1 is 1.38 bits per heavy atom. The van der Waals surface area contributed by atoms with Gasteiger partial charge in [-0.1, -0.05) is 28.1 Å². The van der Waals surface area contributed by atoms with E-state index < -0.39 is 0 Å². The van der Waals surface area contributed by atoms with Gasteiger partial charge in [0.05, 0.1) is 0 Å². The molecule has 0 unspecified atom stereocenters. The van der Waals surface area contributed by atoms with Crippen LogP contribution in [0.15, 0.2) is 28.7 Å². The molecule has 1 saturated carbocycles. The molecule has 2 rings (SSSR count). The van der Waals surface area contributed by atoms with E-state index >= 15 is 0 Å². The fraction of sp³-hybridized carbons (Fsp3) is 0.300. The molecule has 1 aliphatic carbocycles. The number of rotatable bonds is 2. The molecule has 0 heterocycles. The zero-order valence-electron chi connectivity index (χ0n) is 7.03. The van der Waals surface area contributed by atoms with Crippen LogP contribution in [0.1, 0.15) is 17.9 Å². The van der Waals surface area contributed by atoms with Crippen molar-refractivity contribution >= 4 is 21.8 Å². The van der Waals surface area contributed by atoms with Gasteiger partial charge in [-0.05, 0) is 30.0 Å². The van der Waals surface area contributed by atoms with Crippen LogP contribution in [-0.2, 0) is 4.79 Å². The first-order valence-corrected chi connectivity index (χ1v) is 5.02. The molecule has 1 fully saturated rings. The SMILES string of the molecule is NC(=O)[C@H]1C[C@H]1c1ccc(Br)cc1. The van der Waals surface area contributed by atoms with Crippen LogP contribution < -0.4 is 5.73 Å². The number of amides is 1. The van der Waals surface area contributed by atoms with Gasteiger partial charge in [0.2, 0.25) is 5.91 Å². The Morgan fingerprint density at radius 2 is 2.00 bits per heavy atom. The molecule has 2 nitrogen and oxygen atoms in total. The quantitative estimate of drug-likeness (QED) is 0.844. The normalized spacial score (nSPS) is 25.6. The lowest BCUT2D eigenvalue weighted by Crippen LogP contribution is -2.13. The number of halogens is 1. The molecule has 3 heteroatoms. The molecule has 0 radical (unpaired) electrons. The summed E-state index contributed by atoms with van der Waals surface area (Å²) < 4.78 is 1.06. The zero-order valence-corrected chi connectivity index (χ0v) is 8.62. The summed E-state index contributed by atoms with van der Waals surface area (Å²) in [4.78, 5) is 10.8. The molecule has 0 spiro atoms. The lowest BCUT2D eigenvalue weighted by atomic mass is 10.1. The molecule has 1 aliphatic rings. The minimum Gasteiger partial charge on any atom is -0.369 e. The molecule has 1 amide bonds. The highest BCUT2D eigenvalue weighted by Crippen LogP contribution is 2.47. The maximum Gasteiger partial charge on any atom is 0.221 e. The molecule has 2 N–H and O–H groups in total. The van der Waals surface area contributed by atoms with Gasteiger partial charge in [-0.2, -0.15) is 0 Å². The third kappa shape index (κ3) is 1.75. The molecule has 68 valence electrons. The molecule has 0 saturated heterocycles. The second kappa shape index (κ2) is 3.14. The molecule has 13 heavy (non-hydrogen) atoms. The molecule has 0 aromatic heterocycles. The van der Waals surface area contributed by atoms with Gasteiger partial charge in [-0.15, -0.1) is 0 Å². The largest absolute Gasteiger partial charge is 0.369 e. The lowest BCUT2D eigenvalue weighted by molar-refractivity contribution is -0.119. The number of nitrogens with two attached hydrogens (primary N) is 1. The van der Waals surface area contributed by atoms with Crippen LogP contribution in [0, 0.1) is 5.92 Å². The minimum absolute atomic E-state index is 0.0705. The number of carbonyl (C=O) groups is 1. The van der Waals surface area contributed by atoms with Crippen LogP contribution >= 0.6 is 15.9 Å². The third-order valence-electron chi connectivity index (χ3n) is 2.45. The molecule has 1 aromatic carbocycles. The van der Waals surface area contributed by atoms with Crippen LogP contribution in [0.25, 0.3) is 0 Å². The van der Waals surface area contributed by atoms with E-state index in [-0.39, 0.29) is 11.8 Å². The maximum absolute atomic E-state index is 10.8. The minimum atomic E-state index is -0.173. The number of primary amides is 1. The molecular weight excluding hydrogens is 230 g/mol. The van der Waals surface area contributed by atoms with Crippen LogP contribution in [0.3, 0.4) is 0 Å². The van der Waals surface area contributed by atoms with Crippen molar-refractivity contribution in [3.05, 3.63) is 34.3 Å². The summed E-state index contributed by atoms with van der Waals surface area (Å²) in [6.45, 7) is 0. The van der Waals surface area contributed by atoms with E-state index in [0.29, 0.717) is 5.92 Å². The van der Waals surface area contributed by atoms with Crippen molar-refractivity contribution in [3.63, 3.8) is 0 Å². The van der Waals surface area contributed by atoms with E-state index in [1.165, 1.54) is 5.56 Å². The Balaban J connectivity index is 2.12. The predicted octanol–water partition coefficient (Wildman–Crippen LogP) is 2.04. The Bertz CT molecular complexity index is 333. The topological polar surface area (TPSA) is 43.1 Å². The highest BCUT2D eigenvalue weighted by molar-refractivity contribution is 9.10. The number of hydrogen-bond acceptors (Lipinski definition) is 1. The van der Waals surface area contributed by atoms with Crippen molar-refractivity contribution in [2.75, 3.05) is 0 Å². The van der Waals surface area contributed by atoms with Gasteiger partial charge in [0.25, 0.3) is 0 Å². The first-order chi connectivity index (χ1) is 6.18. The first-order valence-electron chi connectivity index (χ1n) is 4.23. The smallest absolute Gasteiger partial charge is 0.221 e. The summed E-state index contributed by atoms with van der Waals surface area (Å²) in [5, 5.41) is 0. The van der Waals surface area contributed by atoms with Crippen molar-refractivity contribution in [1.29, 1.82) is 0 Å². The van der Waals surface area contributed by atoms with E-state index in [2.05, 4.69) is 15.9 Å². The summed E-state index contributed by atoms with van der Waals surface area (Å²) in [6.07, 6.45) is 0.914. The predicted molar refractivity (Wildman–Crippen MR) is 54.2 cm³/mol. The molecule has 0 bridgehead atoms. The van der Waals surface area contributed by atoms with Gasteiger partial charge < -0.3 is 5.73 Å². The fourth-order valence-electron chi connectivity index (χ4n) is 1.59. The van der Waals surface area contributed by atoms with Crippen molar-refractivity contribution in [2.24, 2.45) is 11.7 Å². The highest BCUT2D eigenvalue weighted by atomic mass is 79.9. The van der Waals surface area contributed by atoms with E-state index in [1.54, 1.807) is 0 Å². The summed E-state index contributed by atoms with van der Waals surface area (Å²) in [7, 11) is 0. The second-order valence-corrected chi connectivity index (χ2v) is 4.32. The average Bonchev–Trinajstić information content (AvgIpc) is 2.85. The van der Waals surface area contributed by atoms with Crippen LogP contribution in [-0.4, -0.2) is 5.91 Å². The number of hydrogen-bond donors (Lipinski definition) is 1. The van der Waals surface area contributed by atoms with E-state index in [4.69, 9.17) is 5.73 Å². The van der Waals surface area contributed by atoms with Crippen LogP contribution in [0.4, 0.5) is 0 Å². The Morgan fingerprint density at radius 3 is 2.46 bits per heavy atom. The molecule has 1 aromatic rings. The van der Waals surface area contributed by atoms with Crippen molar-refractivity contribution in [2.45, 2.75) is 12.3 Å². The second-order valence-electron chi connectivity index (χ2n) is 3.40. The summed E-state index contributed by atoms with van der Waals surface area (Å²) in [5.74, 6) is 0.264. The third-order valence-corrected chi connectivity index (χ3v) is 2.98. The number of carbonyl (C=O) groups excluding carboxylic acids is 1. The van der Waals surface area contributed by atoms with Gasteiger partial charge in [0, 0.05) is 10.4 Å². The van der Waals surface area contributed by atoms with Crippen molar-refractivity contribution < 1.29 is 4.79 Å². The van der Waals surface area contributed by atoms with Crippen LogP contribution in [0.2, 0.25) is 0 Å². The van der Waals surface area contributed by atoms with Gasteiger partial charge in [-0.3, -0.25) is 4.79 Å². The highest BCUT2D eigenvalue weighted by Gasteiger charge is 2.42. The fourth-order valence-corrected chi connectivity index (χ4v) is 1.85. The van der Waals surface area contributed by atoms with Gasteiger partial charge in [0.15, 0.2) is 0 Å². The first kappa shape index (κ1) is 8.75. The van der Waals surface area contributed by atoms with E-state index in [1.807, 2.05) is 24.3 Å². The Labute approximate surface area is 85.3 Å². The summed E-state index contributed by atoms with van der Waals surface area (Å²) in [6, 6.07) is 8.06. The van der Waals surface area contributed by atoms with Gasteiger partial charge >= 0.3 is 0 Å². The van der Waals surface area contributed by atoms with Gasteiger partial charge in [0.1, 0.15) is 0 Å².